The summed E-state index contributed by atoms with van der Waals surface area (Å²) in [7, 11) is 0. The van der Waals surface area contributed by atoms with Crippen LogP contribution in [0, 0.1) is 11.8 Å². The molecule has 8 heteroatoms. The maximum Gasteiger partial charge on any atom is 0.312 e. The van der Waals surface area contributed by atoms with Gasteiger partial charge in [0.25, 0.3) is 0 Å². The first kappa shape index (κ1) is 25.4. The van der Waals surface area contributed by atoms with E-state index in [-0.39, 0.29) is 37.6 Å². The molecular weight excluding hydrogens is 424 g/mol. The molecule has 0 aromatic carbocycles. The maximum atomic E-state index is 13.9. The van der Waals surface area contributed by atoms with Crippen molar-refractivity contribution in [2.75, 3.05) is 26.3 Å². The lowest BCUT2D eigenvalue weighted by molar-refractivity contribution is -0.160. The Labute approximate surface area is 196 Å². The Morgan fingerprint density at radius 2 is 2.03 bits per heavy atom. The van der Waals surface area contributed by atoms with E-state index in [1.165, 1.54) is 4.90 Å². The van der Waals surface area contributed by atoms with E-state index in [0.717, 1.165) is 6.42 Å². The van der Waals surface area contributed by atoms with Crippen molar-refractivity contribution in [2.24, 2.45) is 11.8 Å². The molecule has 33 heavy (non-hydrogen) atoms. The van der Waals surface area contributed by atoms with Crippen LogP contribution in [-0.2, 0) is 23.9 Å². The number of amides is 2. The van der Waals surface area contributed by atoms with Gasteiger partial charge >= 0.3 is 5.97 Å². The smallest absolute Gasteiger partial charge is 0.312 e. The molecule has 3 fully saturated rings. The Bertz CT molecular complexity index is 798. The number of carbonyl (C=O) groups excluding carboxylic acids is 3. The van der Waals surface area contributed by atoms with E-state index in [9.17, 15) is 19.5 Å². The summed E-state index contributed by atoms with van der Waals surface area (Å²) in [6.45, 7) is 13.9. The second-order valence-corrected chi connectivity index (χ2v) is 9.81. The lowest BCUT2D eigenvalue weighted by Crippen LogP contribution is -2.57. The van der Waals surface area contributed by atoms with Crippen LogP contribution in [0.5, 0.6) is 0 Å². The third-order valence-electron chi connectivity index (χ3n) is 7.35. The Morgan fingerprint density at radius 1 is 1.30 bits per heavy atom. The van der Waals surface area contributed by atoms with Crippen molar-refractivity contribution >= 4 is 17.8 Å². The highest BCUT2D eigenvalue weighted by molar-refractivity contribution is 5.98. The maximum absolute atomic E-state index is 13.9. The van der Waals surface area contributed by atoms with E-state index in [2.05, 4.69) is 13.2 Å². The van der Waals surface area contributed by atoms with E-state index >= 15 is 0 Å². The molecule has 184 valence electrons. The molecule has 0 aromatic rings. The van der Waals surface area contributed by atoms with Gasteiger partial charge in [0, 0.05) is 25.7 Å². The molecule has 3 saturated heterocycles. The predicted octanol–water partition coefficient (Wildman–Crippen LogP) is 2.07. The number of esters is 1. The van der Waals surface area contributed by atoms with Gasteiger partial charge in [-0.1, -0.05) is 12.2 Å². The Morgan fingerprint density at radius 3 is 2.64 bits per heavy atom. The van der Waals surface area contributed by atoms with Gasteiger partial charge in [0.05, 0.1) is 18.1 Å². The fourth-order valence-electron chi connectivity index (χ4n) is 5.89. The van der Waals surface area contributed by atoms with Crippen molar-refractivity contribution in [3.63, 3.8) is 0 Å². The van der Waals surface area contributed by atoms with Crippen molar-refractivity contribution in [3.8, 4) is 0 Å². The molecule has 8 nitrogen and oxygen atoms in total. The molecule has 3 rings (SSSR count). The summed E-state index contributed by atoms with van der Waals surface area (Å²) >= 11 is 0. The number of aliphatic hydroxyl groups is 1. The van der Waals surface area contributed by atoms with Crippen molar-refractivity contribution < 1.29 is 29.0 Å². The van der Waals surface area contributed by atoms with Gasteiger partial charge in [0.2, 0.25) is 11.8 Å². The van der Waals surface area contributed by atoms with Crippen molar-refractivity contribution in [1.29, 1.82) is 0 Å². The first-order valence-corrected chi connectivity index (χ1v) is 12.0. The predicted molar refractivity (Wildman–Crippen MR) is 123 cm³/mol. The third kappa shape index (κ3) is 4.23. The molecule has 0 radical (unpaired) electrons. The summed E-state index contributed by atoms with van der Waals surface area (Å²) in [6.07, 6.45) is 6.27. The normalized spacial score (nSPS) is 32.2. The zero-order valence-corrected chi connectivity index (χ0v) is 20.1. The average molecular weight is 463 g/mol. The van der Waals surface area contributed by atoms with Crippen molar-refractivity contribution in [2.45, 2.75) is 76.2 Å². The second-order valence-electron chi connectivity index (χ2n) is 9.81. The van der Waals surface area contributed by atoms with Crippen LogP contribution in [0.15, 0.2) is 25.3 Å². The lowest BCUT2D eigenvalue weighted by Gasteiger charge is -2.38. The van der Waals surface area contributed by atoms with Gasteiger partial charge in [-0.05, 0) is 52.9 Å². The lowest BCUT2D eigenvalue weighted by atomic mass is 9.66. The number of hydrogen-bond acceptors (Lipinski definition) is 6. The second kappa shape index (κ2) is 9.97. The Kier molecular flexibility index (Phi) is 7.69. The molecule has 3 aliphatic heterocycles. The molecule has 0 saturated carbocycles. The van der Waals surface area contributed by atoms with Gasteiger partial charge < -0.3 is 24.4 Å². The monoisotopic (exact) mass is 462 g/mol. The summed E-state index contributed by atoms with van der Waals surface area (Å²) in [6, 6.07) is -0.940. The largest absolute Gasteiger partial charge is 0.465 e. The number of ether oxygens (including phenoxy) is 2. The molecule has 2 amide bonds. The zero-order chi connectivity index (χ0) is 24.4. The molecule has 2 unspecified atom stereocenters. The summed E-state index contributed by atoms with van der Waals surface area (Å²) < 4.78 is 12.1. The van der Waals surface area contributed by atoms with E-state index < -0.39 is 35.0 Å². The Balaban J connectivity index is 1.97. The van der Waals surface area contributed by atoms with Gasteiger partial charge in [0.15, 0.2) is 0 Å². The third-order valence-corrected chi connectivity index (χ3v) is 7.35. The van der Waals surface area contributed by atoms with Crippen LogP contribution in [0.2, 0.25) is 0 Å². The van der Waals surface area contributed by atoms with E-state index in [0.29, 0.717) is 32.2 Å². The van der Waals surface area contributed by atoms with Gasteiger partial charge in [-0.25, -0.2) is 0 Å². The quantitative estimate of drug-likeness (QED) is 0.271. The number of allylic oxidation sites excluding steroid dienone is 1. The fraction of sp³-hybridized carbons (Fsp3) is 0.720. The number of rotatable bonds is 12. The molecule has 3 heterocycles. The molecular formula is C25H38N2O6. The molecule has 1 spiro atoms. The van der Waals surface area contributed by atoms with Gasteiger partial charge in [0.1, 0.15) is 17.6 Å². The number of likely N-dealkylation sites (tertiary alicyclic amines) is 1. The number of unbranched alkanes of at least 4 members (excludes halogenated alkanes) is 1. The average Bonchev–Trinajstić information content (AvgIpc) is 3.33. The number of hydrogen-bond donors (Lipinski definition) is 1. The standard InChI is InChI=1S/C25H38N2O6/c1-6-8-9-16-32-23(31)19-18-21(29)27(14-10-15-28)20(22(30)26(13-7-2)17(3)4)25(18)12-11-24(19,5)33-25/h6-7,17-20,28H,1-2,8-16H2,3-5H3/t18-,19+,20?,24-,25?/m0/s1. The summed E-state index contributed by atoms with van der Waals surface area (Å²) in [5.41, 5.74) is -1.92. The molecule has 3 aliphatic rings. The van der Waals surface area contributed by atoms with Gasteiger partial charge in [-0.3, -0.25) is 14.4 Å². The highest BCUT2D eigenvalue weighted by atomic mass is 16.6. The molecule has 0 aromatic heterocycles. The number of nitrogens with zero attached hydrogens (tertiary/aromatic N) is 2. The van der Waals surface area contributed by atoms with Crippen molar-refractivity contribution in [1.82, 2.24) is 9.80 Å². The van der Waals surface area contributed by atoms with Gasteiger partial charge in [-0.15, -0.1) is 13.2 Å². The minimum Gasteiger partial charge on any atom is -0.465 e. The molecule has 2 bridgehead atoms. The highest BCUT2D eigenvalue weighted by Crippen LogP contribution is 2.63. The van der Waals surface area contributed by atoms with Crippen LogP contribution in [0.3, 0.4) is 0 Å². The number of carbonyl (C=O) groups is 3. The van der Waals surface area contributed by atoms with Crippen LogP contribution >= 0.6 is 0 Å². The summed E-state index contributed by atoms with van der Waals surface area (Å²) in [4.78, 5) is 44.0. The van der Waals surface area contributed by atoms with Crippen LogP contribution < -0.4 is 0 Å². The van der Waals surface area contributed by atoms with Crippen LogP contribution in [-0.4, -0.2) is 82.3 Å². The number of aliphatic hydroxyl groups excluding tert-OH is 1. The minimum atomic E-state index is -1.07. The zero-order valence-electron chi connectivity index (χ0n) is 20.1. The molecule has 1 N–H and O–H groups in total. The number of fused-ring (bicyclic) bond motifs is 1. The summed E-state index contributed by atoms with van der Waals surface area (Å²) in [5.74, 6) is -2.44. The fourth-order valence-corrected chi connectivity index (χ4v) is 5.89. The van der Waals surface area contributed by atoms with Crippen LogP contribution in [0.1, 0.15) is 52.9 Å². The summed E-state index contributed by atoms with van der Waals surface area (Å²) in [5, 5.41) is 9.42. The topological polar surface area (TPSA) is 96.4 Å². The van der Waals surface area contributed by atoms with Crippen molar-refractivity contribution in [3.05, 3.63) is 25.3 Å². The first-order valence-electron chi connectivity index (χ1n) is 12.0. The van der Waals surface area contributed by atoms with E-state index in [4.69, 9.17) is 9.47 Å². The molecule has 0 aliphatic carbocycles. The Hall–Kier alpha value is -2.19. The SMILES string of the molecule is C=CCCCOC(=O)[C@H]1[C@H]2C(=O)N(CCCO)C(C(=O)N(CC=C)C(C)C)C23CC[C@]1(C)O3. The van der Waals surface area contributed by atoms with E-state index in [1.807, 2.05) is 20.8 Å². The minimum absolute atomic E-state index is 0.0967. The molecule has 5 atom stereocenters. The van der Waals surface area contributed by atoms with E-state index in [1.54, 1.807) is 17.1 Å². The highest BCUT2D eigenvalue weighted by Gasteiger charge is 2.78. The van der Waals surface area contributed by atoms with Crippen LogP contribution in [0.25, 0.3) is 0 Å². The first-order chi connectivity index (χ1) is 15.7. The van der Waals surface area contributed by atoms with Crippen LogP contribution in [0.4, 0.5) is 0 Å². The van der Waals surface area contributed by atoms with Gasteiger partial charge in [-0.2, -0.15) is 0 Å².